The van der Waals surface area contributed by atoms with Crippen molar-refractivity contribution >= 4 is 17.5 Å². The van der Waals surface area contributed by atoms with Gasteiger partial charge in [0.15, 0.2) is 0 Å². The van der Waals surface area contributed by atoms with Crippen LogP contribution in [0.1, 0.15) is 43.7 Å². The average Bonchev–Trinajstić information content (AvgIpc) is 2.70. The molecule has 2 aliphatic rings. The van der Waals surface area contributed by atoms with Crippen LogP contribution in [0.4, 0.5) is 5.69 Å². The molecule has 0 aromatic heterocycles. The van der Waals surface area contributed by atoms with Gasteiger partial charge in [0.05, 0.1) is 13.1 Å². The van der Waals surface area contributed by atoms with Gasteiger partial charge in [-0.25, -0.2) is 0 Å². The predicted octanol–water partition coefficient (Wildman–Crippen LogP) is 2.55. The Morgan fingerprint density at radius 1 is 1.03 bits per heavy atom. The lowest BCUT2D eigenvalue weighted by molar-refractivity contribution is -0.132. The summed E-state index contributed by atoms with van der Waals surface area (Å²) in [6.07, 6.45) is 5.01. The Labute approximate surface area is 175 Å². The first-order valence-corrected chi connectivity index (χ1v) is 11.0. The van der Waals surface area contributed by atoms with E-state index in [9.17, 15) is 9.59 Å². The van der Waals surface area contributed by atoms with Gasteiger partial charge in [-0.05, 0) is 43.7 Å². The number of benzene rings is 1. The minimum atomic E-state index is 0.00938. The van der Waals surface area contributed by atoms with E-state index in [2.05, 4.69) is 22.5 Å². The van der Waals surface area contributed by atoms with E-state index < -0.39 is 0 Å². The van der Waals surface area contributed by atoms with E-state index in [-0.39, 0.29) is 11.8 Å². The van der Waals surface area contributed by atoms with Gasteiger partial charge in [-0.3, -0.25) is 14.5 Å². The Morgan fingerprint density at radius 3 is 2.34 bits per heavy atom. The summed E-state index contributed by atoms with van der Waals surface area (Å²) in [5, 5.41) is 6.53. The molecule has 2 N–H and O–H groups in total. The number of carbonyl (C=O) groups is 2. The fourth-order valence-electron chi connectivity index (χ4n) is 4.50. The summed E-state index contributed by atoms with van der Waals surface area (Å²) >= 11 is 0. The molecule has 2 amide bonds. The molecule has 3 rings (SSSR count). The third kappa shape index (κ3) is 6.03. The molecule has 1 heterocycles. The normalized spacial score (nSPS) is 23.1. The number of hydrogen-bond donors (Lipinski definition) is 2. The van der Waals surface area contributed by atoms with E-state index in [0.717, 1.165) is 29.9 Å². The van der Waals surface area contributed by atoms with Crippen LogP contribution in [0.2, 0.25) is 0 Å². The molecule has 29 heavy (non-hydrogen) atoms. The zero-order chi connectivity index (χ0) is 20.8. The van der Waals surface area contributed by atoms with Gasteiger partial charge >= 0.3 is 0 Å². The fourth-order valence-corrected chi connectivity index (χ4v) is 4.50. The highest BCUT2D eigenvalue weighted by Crippen LogP contribution is 2.23. The Hall–Kier alpha value is -1.92. The van der Waals surface area contributed by atoms with Crippen LogP contribution in [-0.2, 0) is 9.59 Å². The average molecular weight is 401 g/mol. The highest BCUT2D eigenvalue weighted by atomic mass is 16.2. The third-order valence-electron chi connectivity index (χ3n) is 6.46. The summed E-state index contributed by atoms with van der Waals surface area (Å²) in [5.41, 5.74) is 3.07. The number of hydrogen-bond acceptors (Lipinski definition) is 4. The summed E-state index contributed by atoms with van der Waals surface area (Å²) in [6, 6.07) is 6.49. The first-order chi connectivity index (χ1) is 13.9. The van der Waals surface area contributed by atoms with E-state index >= 15 is 0 Å². The standard InChI is InChI=1S/C23H36N4O2/c1-17-7-4-5-10-20(17)24-15-22(29)27-13-11-26(12-14-27)16-21(28)25-23-18(2)8-6-9-19(23)3/h6,8-9,17,20,24H,4-5,7,10-16H2,1-3H3,(H,25,28). The SMILES string of the molecule is Cc1cccc(C)c1NC(=O)CN1CCN(C(=O)CNC2CCCCC2C)CC1. The van der Waals surface area contributed by atoms with Crippen LogP contribution in [0.25, 0.3) is 0 Å². The van der Waals surface area contributed by atoms with Gasteiger partial charge in [-0.2, -0.15) is 0 Å². The lowest BCUT2D eigenvalue weighted by atomic mass is 9.86. The van der Waals surface area contributed by atoms with Crippen LogP contribution >= 0.6 is 0 Å². The molecule has 6 heteroatoms. The monoisotopic (exact) mass is 400 g/mol. The van der Waals surface area contributed by atoms with Crippen LogP contribution in [0.3, 0.4) is 0 Å². The second kappa shape index (κ2) is 10.2. The van der Waals surface area contributed by atoms with Crippen molar-refractivity contribution in [2.75, 3.05) is 44.6 Å². The molecule has 0 spiro atoms. The van der Waals surface area contributed by atoms with Crippen molar-refractivity contribution in [3.63, 3.8) is 0 Å². The number of nitrogens with one attached hydrogen (secondary N) is 2. The molecule has 2 atom stereocenters. The lowest BCUT2D eigenvalue weighted by Gasteiger charge is -2.35. The number of para-hydroxylation sites is 1. The molecule has 2 unspecified atom stereocenters. The van der Waals surface area contributed by atoms with E-state index in [0.29, 0.717) is 38.1 Å². The Bertz CT molecular complexity index is 693. The number of piperazine rings is 1. The van der Waals surface area contributed by atoms with E-state index in [1.807, 2.05) is 36.9 Å². The molecule has 1 aliphatic carbocycles. The minimum absolute atomic E-state index is 0.00938. The van der Waals surface area contributed by atoms with Crippen LogP contribution in [0.15, 0.2) is 18.2 Å². The smallest absolute Gasteiger partial charge is 0.238 e. The Kier molecular flexibility index (Phi) is 7.67. The maximum Gasteiger partial charge on any atom is 0.238 e. The number of carbonyl (C=O) groups excluding carboxylic acids is 2. The van der Waals surface area contributed by atoms with Crippen molar-refractivity contribution in [1.29, 1.82) is 0 Å². The molecule has 6 nitrogen and oxygen atoms in total. The largest absolute Gasteiger partial charge is 0.339 e. The lowest BCUT2D eigenvalue weighted by Crippen LogP contribution is -2.53. The van der Waals surface area contributed by atoms with E-state index in [1.165, 1.54) is 25.7 Å². The zero-order valence-electron chi connectivity index (χ0n) is 18.2. The quantitative estimate of drug-likeness (QED) is 0.770. The molecule has 160 valence electrons. The fraction of sp³-hybridized carbons (Fsp3) is 0.652. The molecule has 1 aromatic rings. The maximum atomic E-state index is 12.6. The number of aryl methyl sites for hydroxylation is 2. The van der Waals surface area contributed by atoms with Crippen molar-refractivity contribution in [2.24, 2.45) is 5.92 Å². The summed E-state index contributed by atoms with van der Waals surface area (Å²) < 4.78 is 0. The molecule has 0 radical (unpaired) electrons. The number of rotatable bonds is 6. The second-order valence-electron chi connectivity index (χ2n) is 8.72. The van der Waals surface area contributed by atoms with Crippen molar-refractivity contribution < 1.29 is 9.59 Å². The molecular weight excluding hydrogens is 364 g/mol. The molecule has 1 aromatic carbocycles. The Balaban J connectivity index is 1.39. The Morgan fingerprint density at radius 2 is 1.69 bits per heavy atom. The first kappa shape index (κ1) is 21.8. The molecule has 1 saturated heterocycles. The maximum absolute atomic E-state index is 12.6. The molecule has 1 saturated carbocycles. The van der Waals surface area contributed by atoms with Gasteiger partial charge < -0.3 is 15.5 Å². The number of anilines is 1. The molecule has 1 aliphatic heterocycles. The van der Waals surface area contributed by atoms with Gasteiger partial charge in [-0.15, -0.1) is 0 Å². The predicted molar refractivity (Wildman–Crippen MR) is 117 cm³/mol. The van der Waals surface area contributed by atoms with Crippen LogP contribution in [0, 0.1) is 19.8 Å². The summed E-state index contributed by atoms with van der Waals surface area (Å²) in [6.45, 7) is 9.97. The third-order valence-corrected chi connectivity index (χ3v) is 6.46. The summed E-state index contributed by atoms with van der Waals surface area (Å²) in [7, 11) is 0. The second-order valence-corrected chi connectivity index (χ2v) is 8.72. The number of amides is 2. The topological polar surface area (TPSA) is 64.7 Å². The van der Waals surface area contributed by atoms with E-state index in [4.69, 9.17) is 0 Å². The van der Waals surface area contributed by atoms with Gasteiger partial charge in [-0.1, -0.05) is 38.0 Å². The molecule has 2 fully saturated rings. The van der Waals surface area contributed by atoms with Crippen molar-refractivity contribution in [3.8, 4) is 0 Å². The van der Waals surface area contributed by atoms with Crippen molar-refractivity contribution in [2.45, 2.75) is 52.5 Å². The summed E-state index contributed by atoms with van der Waals surface area (Å²) in [4.78, 5) is 29.1. The van der Waals surface area contributed by atoms with E-state index in [1.54, 1.807) is 0 Å². The molecular formula is C23H36N4O2. The van der Waals surface area contributed by atoms with Crippen molar-refractivity contribution in [3.05, 3.63) is 29.3 Å². The zero-order valence-corrected chi connectivity index (χ0v) is 18.2. The molecule has 0 bridgehead atoms. The first-order valence-electron chi connectivity index (χ1n) is 11.0. The number of nitrogens with zero attached hydrogens (tertiary/aromatic N) is 2. The highest BCUT2D eigenvalue weighted by Gasteiger charge is 2.25. The van der Waals surface area contributed by atoms with Crippen LogP contribution in [0.5, 0.6) is 0 Å². The van der Waals surface area contributed by atoms with Gasteiger partial charge in [0.1, 0.15) is 0 Å². The van der Waals surface area contributed by atoms with Crippen LogP contribution in [-0.4, -0.2) is 66.9 Å². The van der Waals surface area contributed by atoms with Gasteiger partial charge in [0.25, 0.3) is 0 Å². The highest BCUT2D eigenvalue weighted by molar-refractivity contribution is 5.93. The van der Waals surface area contributed by atoms with Gasteiger partial charge in [0, 0.05) is 37.9 Å². The van der Waals surface area contributed by atoms with Crippen LogP contribution < -0.4 is 10.6 Å². The van der Waals surface area contributed by atoms with Crippen molar-refractivity contribution in [1.82, 2.24) is 15.1 Å². The minimum Gasteiger partial charge on any atom is -0.339 e. The van der Waals surface area contributed by atoms with Gasteiger partial charge in [0.2, 0.25) is 11.8 Å². The summed E-state index contributed by atoms with van der Waals surface area (Å²) in [5.74, 6) is 0.848.